The highest BCUT2D eigenvalue weighted by atomic mass is 127. The SMILES string of the molecule is C=CCOc1c(Br)cc(/C=C2\SC(=Nc3ccc(C(=O)O)cc3)N(C)C2=O)cc1I. The van der Waals surface area contributed by atoms with E-state index in [1.54, 1.807) is 25.3 Å². The van der Waals surface area contributed by atoms with Gasteiger partial charge >= 0.3 is 5.97 Å². The number of rotatable bonds is 6. The largest absolute Gasteiger partial charge is 0.487 e. The number of amides is 1. The number of aromatic carboxylic acids is 1. The molecule has 0 aliphatic carbocycles. The van der Waals surface area contributed by atoms with Crippen LogP contribution in [-0.2, 0) is 4.79 Å². The highest BCUT2D eigenvalue weighted by Gasteiger charge is 2.30. The zero-order valence-corrected chi connectivity index (χ0v) is 20.3. The van der Waals surface area contributed by atoms with Crippen molar-refractivity contribution in [3.05, 3.63) is 73.1 Å². The summed E-state index contributed by atoms with van der Waals surface area (Å²) in [6, 6.07) is 10.0. The molecular formula is C21H16BrIN2O4S. The summed E-state index contributed by atoms with van der Waals surface area (Å²) in [4.78, 5) is 30.1. The second kappa shape index (κ2) is 9.80. The third kappa shape index (κ3) is 5.13. The second-order valence-electron chi connectivity index (χ2n) is 6.13. The Labute approximate surface area is 200 Å². The number of carbonyl (C=O) groups is 2. The van der Waals surface area contributed by atoms with Crippen LogP contribution in [0.3, 0.4) is 0 Å². The van der Waals surface area contributed by atoms with Crippen molar-refractivity contribution in [3.8, 4) is 5.75 Å². The van der Waals surface area contributed by atoms with E-state index in [0.29, 0.717) is 22.4 Å². The van der Waals surface area contributed by atoms with Crippen molar-refractivity contribution >= 4 is 79.1 Å². The lowest BCUT2D eigenvalue weighted by molar-refractivity contribution is -0.121. The van der Waals surface area contributed by atoms with Gasteiger partial charge < -0.3 is 9.84 Å². The summed E-state index contributed by atoms with van der Waals surface area (Å²) in [7, 11) is 1.66. The van der Waals surface area contributed by atoms with E-state index in [9.17, 15) is 9.59 Å². The lowest BCUT2D eigenvalue weighted by Gasteiger charge is -2.10. The van der Waals surface area contributed by atoms with Crippen molar-refractivity contribution in [2.45, 2.75) is 0 Å². The van der Waals surface area contributed by atoms with Crippen LogP contribution >= 0.6 is 50.3 Å². The van der Waals surface area contributed by atoms with Crippen LogP contribution in [0.15, 0.2) is 63.4 Å². The summed E-state index contributed by atoms with van der Waals surface area (Å²) in [5.41, 5.74) is 1.61. The van der Waals surface area contributed by atoms with Crippen LogP contribution in [0.5, 0.6) is 5.75 Å². The van der Waals surface area contributed by atoms with Crippen molar-refractivity contribution in [3.63, 3.8) is 0 Å². The van der Waals surface area contributed by atoms with Gasteiger partial charge in [0.15, 0.2) is 5.17 Å². The van der Waals surface area contributed by atoms with E-state index in [1.807, 2.05) is 18.2 Å². The molecule has 1 amide bonds. The van der Waals surface area contributed by atoms with Gasteiger partial charge in [-0.3, -0.25) is 9.69 Å². The third-order valence-corrected chi connectivity index (χ3v) is 6.46. The molecule has 2 aromatic carbocycles. The Hall–Kier alpha value is -2.11. The predicted molar refractivity (Wildman–Crippen MR) is 131 cm³/mol. The maximum absolute atomic E-state index is 12.7. The second-order valence-corrected chi connectivity index (χ2v) is 9.16. The number of carboxylic acid groups (broad SMARTS) is 1. The molecule has 0 spiro atoms. The summed E-state index contributed by atoms with van der Waals surface area (Å²) >= 11 is 6.97. The van der Waals surface area contributed by atoms with Gasteiger partial charge in [0.2, 0.25) is 0 Å². The van der Waals surface area contributed by atoms with Crippen LogP contribution in [0.1, 0.15) is 15.9 Å². The first-order chi connectivity index (χ1) is 14.3. The van der Waals surface area contributed by atoms with E-state index in [0.717, 1.165) is 19.4 Å². The number of likely N-dealkylation sites (N-methyl/N-ethyl adjacent to an activating group) is 1. The van der Waals surface area contributed by atoms with E-state index in [-0.39, 0.29) is 11.5 Å². The molecule has 0 atom stereocenters. The molecule has 1 saturated heterocycles. The molecule has 1 aliphatic heterocycles. The van der Waals surface area contributed by atoms with Crippen LogP contribution in [-0.4, -0.2) is 40.7 Å². The molecule has 0 unspecified atom stereocenters. The van der Waals surface area contributed by atoms with Crippen molar-refractivity contribution in [2.24, 2.45) is 4.99 Å². The Morgan fingerprint density at radius 3 is 2.67 bits per heavy atom. The highest BCUT2D eigenvalue weighted by molar-refractivity contribution is 14.1. The lowest BCUT2D eigenvalue weighted by Crippen LogP contribution is -2.23. The van der Waals surface area contributed by atoms with Gasteiger partial charge in [0.05, 0.1) is 24.2 Å². The first kappa shape index (κ1) is 22.6. The summed E-state index contributed by atoms with van der Waals surface area (Å²) in [6.45, 7) is 4.06. The molecule has 0 bridgehead atoms. The molecule has 1 N–H and O–H groups in total. The minimum Gasteiger partial charge on any atom is -0.487 e. The Morgan fingerprint density at radius 2 is 2.07 bits per heavy atom. The van der Waals surface area contributed by atoms with Gasteiger partial charge in [-0.05, 0) is 98.3 Å². The molecule has 2 aromatic rings. The predicted octanol–water partition coefficient (Wildman–Crippen LogP) is 5.55. The van der Waals surface area contributed by atoms with Crippen LogP contribution < -0.4 is 4.74 Å². The smallest absolute Gasteiger partial charge is 0.335 e. The lowest BCUT2D eigenvalue weighted by atomic mass is 10.2. The Bertz CT molecular complexity index is 1060. The first-order valence-electron chi connectivity index (χ1n) is 8.62. The highest BCUT2D eigenvalue weighted by Crippen LogP contribution is 2.36. The number of ether oxygens (including phenoxy) is 1. The van der Waals surface area contributed by atoms with Crippen LogP contribution in [0.2, 0.25) is 0 Å². The molecule has 0 aromatic heterocycles. The fraction of sp³-hybridized carbons (Fsp3) is 0.0952. The number of nitrogens with zero attached hydrogens (tertiary/aromatic N) is 2. The van der Waals surface area contributed by atoms with E-state index >= 15 is 0 Å². The number of hydrogen-bond donors (Lipinski definition) is 1. The van der Waals surface area contributed by atoms with Gasteiger partial charge in [-0.2, -0.15) is 0 Å². The van der Waals surface area contributed by atoms with Gasteiger partial charge in [-0.15, -0.1) is 0 Å². The van der Waals surface area contributed by atoms with Crippen molar-refractivity contribution in [2.75, 3.05) is 13.7 Å². The number of benzene rings is 2. The fourth-order valence-corrected chi connectivity index (χ4v) is 5.29. The molecule has 9 heteroatoms. The Kier molecular flexibility index (Phi) is 7.37. The summed E-state index contributed by atoms with van der Waals surface area (Å²) < 4.78 is 7.36. The average molecular weight is 599 g/mol. The van der Waals surface area contributed by atoms with Crippen LogP contribution in [0, 0.1) is 3.57 Å². The van der Waals surface area contributed by atoms with Gasteiger partial charge in [0.1, 0.15) is 12.4 Å². The van der Waals surface area contributed by atoms with Gasteiger partial charge in [0.25, 0.3) is 5.91 Å². The third-order valence-electron chi connectivity index (χ3n) is 4.01. The molecule has 1 heterocycles. The molecular weight excluding hydrogens is 583 g/mol. The molecule has 154 valence electrons. The zero-order chi connectivity index (χ0) is 21.8. The summed E-state index contributed by atoms with van der Waals surface area (Å²) in [6.07, 6.45) is 3.49. The Balaban J connectivity index is 1.86. The van der Waals surface area contributed by atoms with Crippen LogP contribution in [0.25, 0.3) is 6.08 Å². The monoisotopic (exact) mass is 598 g/mol. The standard InChI is InChI=1S/C21H16BrIN2O4S/c1-3-8-29-18-15(22)9-12(10-16(18)23)11-17-19(26)25(2)21(30-17)24-14-6-4-13(5-7-14)20(27)28/h3-7,9-11H,1,8H2,2H3,(H,27,28)/b17-11-,24-21?. The molecule has 3 rings (SSSR count). The van der Waals surface area contributed by atoms with Crippen molar-refractivity contribution in [1.82, 2.24) is 4.90 Å². The van der Waals surface area contributed by atoms with Gasteiger partial charge in [0, 0.05) is 7.05 Å². The molecule has 0 radical (unpaired) electrons. The van der Waals surface area contributed by atoms with E-state index in [4.69, 9.17) is 9.84 Å². The number of halogens is 2. The number of aliphatic imine (C=N–C) groups is 1. The maximum Gasteiger partial charge on any atom is 0.335 e. The number of thioether (sulfide) groups is 1. The minimum atomic E-state index is -0.997. The van der Waals surface area contributed by atoms with Crippen LogP contribution in [0.4, 0.5) is 5.69 Å². The molecule has 30 heavy (non-hydrogen) atoms. The van der Waals surface area contributed by atoms with Gasteiger partial charge in [-0.1, -0.05) is 12.7 Å². The molecule has 1 aliphatic rings. The summed E-state index contributed by atoms with van der Waals surface area (Å²) in [5, 5.41) is 9.52. The maximum atomic E-state index is 12.7. The van der Waals surface area contributed by atoms with E-state index < -0.39 is 5.97 Å². The van der Waals surface area contributed by atoms with Gasteiger partial charge in [-0.25, -0.2) is 9.79 Å². The van der Waals surface area contributed by atoms with Crippen molar-refractivity contribution < 1.29 is 19.4 Å². The average Bonchev–Trinajstić information content (AvgIpc) is 2.95. The number of amidine groups is 1. The quantitative estimate of drug-likeness (QED) is 0.268. The summed E-state index contributed by atoms with van der Waals surface area (Å²) in [5.74, 6) is -0.421. The number of hydrogen-bond acceptors (Lipinski definition) is 5. The number of carboxylic acids is 1. The zero-order valence-electron chi connectivity index (χ0n) is 15.8. The first-order valence-corrected chi connectivity index (χ1v) is 11.3. The topological polar surface area (TPSA) is 79.2 Å². The minimum absolute atomic E-state index is 0.154. The number of carbonyl (C=O) groups excluding carboxylic acids is 1. The Morgan fingerprint density at radius 1 is 1.37 bits per heavy atom. The van der Waals surface area contributed by atoms with Crippen molar-refractivity contribution in [1.29, 1.82) is 0 Å². The molecule has 0 saturated carbocycles. The normalized spacial score (nSPS) is 16.4. The van der Waals surface area contributed by atoms with E-state index in [2.05, 4.69) is 50.1 Å². The molecule has 6 nitrogen and oxygen atoms in total. The van der Waals surface area contributed by atoms with E-state index in [1.165, 1.54) is 28.8 Å². The fourth-order valence-electron chi connectivity index (χ4n) is 2.53. The molecule has 1 fully saturated rings.